The number of anilines is 1. The Morgan fingerprint density at radius 1 is 1.07 bits per heavy atom. The molecule has 0 saturated carbocycles. The maximum atomic E-state index is 12.5. The highest BCUT2D eigenvalue weighted by atomic mass is 127. The summed E-state index contributed by atoms with van der Waals surface area (Å²) in [6.07, 6.45) is -1.10. The number of benzene rings is 2. The van der Waals surface area contributed by atoms with E-state index in [1.807, 2.05) is 6.07 Å². The summed E-state index contributed by atoms with van der Waals surface area (Å²) < 4.78 is -0.971. The van der Waals surface area contributed by atoms with E-state index in [1.54, 1.807) is 36.4 Å². The Morgan fingerprint density at radius 3 is 2.37 bits per heavy atom. The zero-order chi connectivity index (χ0) is 20.2. The van der Waals surface area contributed by atoms with E-state index in [2.05, 4.69) is 38.5 Å². The summed E-state index contributed by atoms with van der Waals surface area (Å²) in [6.45, 7) is 0. The molecule has 0 aliphatic heterocycles. The van der Waals surface area contributed by atoms with Crippen molar-refractivity contribution in [3.63, 3.8) is 0 Å². The first-order chi connectivity index (χ1) is 12.6. The Hall–Kier alpha value is -0.220. The van der Waals surface area contributed by atoms with Gasteiger partial charge in [-0.1, -0.05) is 64.1 Å². The second-order valence-corrected chi connectivity index (χ2v) is 10.0. The van der Waals surface area contributed by atoms with E-state index in [0.29, 0.717) is 21.3 Å². The number of hydrogen-bond donors (Lipinski definition) is 3. The molecule has 0 bridgehead atoms. The zero-order valence-electron chi connectivity index (χ0n) is 13.2. The van der Waals surface area contributed by atoms with Gasteiger partial charge in [-0.05, 0) is 71.2 Å². The molecule has 144 valence electrons. The number of rotatable bonds is 4. The molecule has 0 fully saturated rings. The molecule has 1 atom stereocenters. The molecule has 0 radical (unpaired) electrons. The molecule has 0 aliphatic rings. The van der Waals surface area contributed by atoms with Gasteiger partial charge in [0.2, 0.25) is 3.79 Å². The number of nitrogens with one attached hydrogen (secondary N) is 3. The fourth-order valence-corrected chi connectivity index (χ4v) is 3.48. The third-order valence-corrected chi connectivity index (χ3v) is 5.24. The van der Waals surface area contributed by atoms with Gasteiger partial charge >= 0.3 is 0 Å². The van der Waals surface area contributed by atoms with Crippen LogP contribution in [0.5, 0.6) is 0 Å². The van der Waals surface area contributed by atoms with E-state index in [0.717, 1.165) is 3.57 Å². The van der Waals surface area contributed by atoms with E-state index < -0.39 is 15.9 Å². The molecule has 0 heterocycles. The third-order valence-electron chi connectivity index (χ3n) is 3.14. The molecule has 3 N–H and O–H groups in total. The van der Waals surface area contributed by atoms with E-state index >= 15 is 0 Å². The summed E-state index contributed by atoms with van der Waals surface area (Å²) in [7, 11) is 0. The maximum Gasteiger partial charge on any atom is 0.253 e. The number of hydrogen-bond acceptors (Lipinski definition) is 2. The van der Waals surface area contributed by atoms with Crippen LogP contribution in [0.25, 0.3) is 0 Å². The van der Waals surface area contributed by atoms with Crippen LogP contribution in [0.1, 0.15) is 10.4 Å². The van der Waals surface area contributed by atoms with E-state index in [1.165, 1.54) is 0 Å². The number of halogens is 6. The van der Waals surface area contributed by atoms with Gasteiger partial charge in [0.25, 0.3) is 5.91 Å². The van der Waals surface area contributed by atoms with Crippen LogP contribution in [0, 0.1) is 3.57 Å². The van der Waals surface area contributed by atoms with Gasteiger partial charge in [-0.3, -0.25) is 4.79 Å². The van der Waals surface area contributed by atoms with Crippen LogP contribution in [0.15, 0.2) is 42.5 Å². The lowest BCUT2D eigenvalue weighted by atomic mass is 10.2. The predicted molar refractivity (Wildman–Crippen MR) is 127 cm³/mol. The van der Waals surface area contributed by atoms with Crippen molar-refractivity contribution in [3.05, 3.63) is 61.6 Å². The molecule has 27 heavy (non-hydrogen) atoms. The first-order valence-corrected chi connectivity index (χ1v) is 10.6. The van der Waals surface area contributed by atoms with Crippen molar-refractivity contribution in [2.24, 2.45) is 0 Å². The van der Waals surface area contributed by atoms with Crippen LogP contribution in [0.2, 0.25) is 10.0 Å². The lowest BCUT2D eigenvalue weighted by molar-refractivity contribution is 0.0934. The molecule has 4 nitrogen and oxygen atoms in total. The summed E-state index contributed by atoms with van der Waals surface area (Å²) in [4.78, 5) is 12.5. The Balaban J connectivity index is 2.10. The van der Waals surface area contributed by atoms with E-state index in [9.17, 15) is 4.79 Å². The predicted octanol–water partition coefficient (Wildman–Crippen LogP) is 6.01. The number of carbonyl (C=O) groups excluding carboxylic acids is 1. The minimum Gasteiger partial charge on any atom is -0.339 e. The SMILES string of the molecule is O=C(NC(NC(=S)Nc1ccc(Cl)cc1Cl)C(Cl)(Cl)Cl)c1cccc(I)c1. The number of amides is 1. The molecule has 1 amide bonds. The molecular formula is C16H11Cl5IN3OS. The van der Waals surface area contributed by atoms with Crippen molar-refractivity contribution in [2.75, 3.05) is 5.32 Å². The standard InChI is InChI=1S/C16H11Cl5IN3OS/c17-9-4-5-12(11(18)7-9)23-15(27)25-14(16(19,20)21)24-13(26)8-2-1-3-10(22)6-8/h1-7,14H,(H,24,26)(H2,23,25,27). The quantitative estimate of drug-likeness (QED) is 0.175. The van der Waals surface area contributed by atoms with Crippen molar-refractivity contribution in [2.45, 2.75) is 9.96 Å². The molecular weight excluding hydrogens is 586 g/mol. The van der Waals surface area contributed by atoms with Gasteiger partial charge in [-0.25, -0.2) is 0 Å². The lowest BCUT2D eigenvalue weighted by Gasteiger charge is -2.28. The van der Waals surface area contributed by atoms with Crippen molar-refractivity contribution in [1.29, 1.82) is 0 Å². The zero-order valence-corrected chi connectivity index (χ0v) is 20.0. The first-order valence-electron chi connectivity index (χ1n) is 7.22. The highest BCUT2D eigenvalue weighted by Crippen LogP contribution is 2.30. The van der Waals surface area contributed by atoms with E-state index in [-0.39, 0.29) is 5.11 Å². The molecule has 0 aliphatic carbocycles. The van der Waals surface area contributed by atoms with Crippen molar-refractivity contribution in [3.8, 4) is 0 Å². The second kappa shape index (κ2) is 10.0. The summed E-state index contributed by atoms with van der Waals surface area (Å²) in [5.41, 5.74) is 0.924. The third kappa shape index (κ3) is 7.27. The molecule has 1 unspecified atom stereocenters. The van der Waals surface area contributed by atoms with E-state index in [4.69, 9.17) is 70.2 Å². The highest BCUT2D eigenvalue weighted by Gasteiger charge is 2.35. The lowest BCUT2D eigenvalue weighted by Crippen LogP contribution is -2.56. The van der Waals surface area contributed by atoms with Gasteiger partial charge in [0.05, 0.1) is 10.7 Å². The van der Waals surface area contributed by atoms with Crippen molar-refractivity contribution < 1.29 is 4.79 Å². The minimum absolute atomic E-state index is 0.0958. The normalized spacial score (nSPS) is 12.2. The topological polar surface area (TPSA) is 53.2 Å². The summed E-state index contributed by atoms with van der Waals surface area (Å²) in [5, 5.41) is 9.17. The Bertz CT molecular complexity index is 862. The Kier molecular flexibility index (Phi) is 8.54. The van der Waals surface area contributed by atoms with Crippen LogP contribution in [0.3, 0.4) is 0 Å². The monoisotopic (exact) mass is 595 g/mol. The maximum absolute atomic E-state index is 12.5. The largest absolute Gasteiger partial charge is 0.339 e. The van der Waals surface area contributed by atoms with Gasteiger partial charge in [0.15, 0.2) is 5.11 Å². The molecule has 2 aromatic rings. The van der Waals surface area contributed by atoms with Crippen LogP contribution in [0.4, 0.5) is 5.69 Å². The Labute approximate surface area is 200 Å². The smallest absolute Gasteiger partial charge is 0.253 e. The van der Waals surface area contributed by atoms with Gasteiger partial charge in [-0.15, -0.1) is 0 Å². The average Bonchev–Trinajstić information content (AvgIpc) is 2.56. The van der Waals surface area contributed by atoms with Gasteiger partial charge in [-0.2, -0.15) is 0 Å². The number of alkyl halides is 3. The molecule has 2 rings (SSSR count). The summed E-state index contributed by atoms with van der Waals surface area (Å²) in [5.74, 6) is -0.426. The first kappa shape index (κ1) is 23.1. The van der Waals surface area contributed by atoms with Gasteiger partial charge in [0.1, 0.15) is 6.17 Å². The van der Waals surface area contributed by atoms with Crippen molar-refractivity contribution >= 4 is 110 Å². The average molecular weight is 598 g/mol. The summed E-state index contributed by atoms with van der Waals surface area (Å²) >= 11 is 37.2. The van der Waals surface area contributed by atoms with Crippen molar-refractivity contribution in [1.82, 2.24) is 10.6 Å². The van der Waals surface area contributed by atoms with Crippen LogP contribution < -0.4 is 16.0 Å². The molecule has 0 saturated heterocycles. The fraction of sp³-hybridized carbons (Fsp3) is 0.125. The van der Waals surface area contributed by atoms with Crippen LogP contribution in [-0.2, 0) is 0 Å². The van der Waals surface area contributed by atoms with Gasteiger partial charge in [0, 0.05) is 14.2 Å². The second-order valence-electron chi connectivity index (χ2n) is 5.18. The minimum atomic E-state index is -1.87. The van der Waals surface area contributed by atoms with Gasteiger partial charge < -0.3 is 16.0 Å². The van der Waals surface area contributed by atoms with Crippen LogP contribution in [-0.4, -0.2) is 21.0 Å². The number of carbonyl (C=O) groups is 1. The highest BCUT2D eigenvalue weighted by molar-refractivity contribution is 14.1. The molecule has 0 spiro atoms. The molecule has 2 aromatic carbocycles. The molecule has 11 heteroatoms. The summed E-state index contributed by atoms with van der Waals surface area (Å²) in [6, 6.07) is 11.8. The van der Waals surface area contributed by atoms with Crippen LogP contribution >= 0.6 is 92.8 Å². The Morgan fingerprint density at radius 2 is 1.78 bits per heavy atom. The number of thiocarbonyl (C=S) groups is 1. The molecule has 0 aromatic heterocycles. The fourth-order valence-electron chi connectivity index (χ4n) is 1.92.